The van der Waals surface area contributed by atoms with Crippen LogP contribution in [0.25, 0.3) is 0 Å². The minimum absolute atomic E-state index is 0.174. The molecule has 0 aromatic heterocycles. The second-order valence-corrected chi connectivity index (χ2v) is 6.12. The van der Waals surface area contributed by atoms with E-state index in [1.807, 2.05) is 0 Å². The summed E-state index contributed by atoms with van der Waals surface area (Å²) in [6, 6.07) is 0. The second-order valence-electron chi connectivity index (χ2n) is 6.12. The fraction of sp³-hybridized carbons (Fsp3) is 1.00. The summed E-state index contributed by atoms with van der Waals surface area (Å²) in [6.45, 7) is 3.05. The van der Waals surface area contributed by atoms with E-state index in [-0.39, 0.29) is 12.2 Å². The lowest BCUT2D eigenvalue weighted by Gasteiger charge is -2.06. The number of aliphatic hydroxyl groups excluding tert-OH is 1. The molecule has 114 valence electrons. The van der Waals surface area contributed by atoms with E-state index >= 15 is 0 Å². The van der Waals surface area contributed by atoms with Gasteiger partial charge in [0.15, 0.2) is 0 Å². The number of ether oxygens (including phenoxy) is 1. The average molecular weight is 270 g/mol. The first-order valence-electron chi connectivity index (χ1n) is 8.64. The Morgan fingerprint density at radius 1 is 0.842 bits per heavy atom. The molecule has 1 rings (SSSR count). The standard InChI is InChI=1S/C17H34O2/c1-2-3-4-5-6-7-8-9-10-11-12-13-14-16(18)17-15-19-17/h16-18H,2-15H2,1H3/t16-,17-/m1/s1. The third-order valence-corrected chi connectivity index (χ3v) is 4.14. The van der Waals surface area contributed by atoms with E-state index in [1.54, 1.807) is 0 Å². The Kier molecular flexibility index (Phi) is 10.5. The molecule has 0 aliphatic carbocycles. The molecule has 1 aliphatic rings. The molecular weight excluding hydrogens is 236 g/mol. The fourth-order valence-corrected chi connectivity index (χ4v) is 2.66. The van der Waals surface area contributed by atoms with E-state index < -0.39 is 0 Å². The molecule has 0 amide bonds. The van der Waals surface area contributed by atoms with E-state index in [9.17, 15) is 5.11 Å². The number of unbranched alkanes of at least 4 members (excludes halogenated alkanes) is 11. The molecule has 0 bridgehead atoms. The molecule has 1 N–H and O–H groups in total. The SMILES string of the molecule is CCCCCCCCCCCCCC[C@@H](O)[C@H]1CO1. The Balaban J connectivity index is 1.67. The molecule has 0 aromatic carbocycles. The van der Waals surface area contributed by atoms with Gasteiger partial charge in [0.05, 0.1) is 12.7 Å². The van der Waals surface area contributed by atoms with Crippen molar-refractivity contribution in [3.63, 3.8) is 0 Å². The number of epoxide rings is 1. The first-order chi connectivity index (χ1) is 9.34. The fourth-order valence-electron chi connectivity index (χ4n) is 2.66. The van der Waals surface area contributed by atoms with Crippen molar-refractivity contribution in [2.24, 2.45) is 0 Å². The van der Waals surface area contributed by atoms with Gasteiger partial charge in [-0.2, -0.15) is 0 Å². The third kappa shape index (κ3) is 10.4. The van der Waals surface area contributed by atoms with Crippen LogP contribution in [0.5, 0.6) is 0 Å². The molecule has 2 nitrogen and oxygen atoms in total. The Hall–Kier alpha value is -0.0800. The lowest BCUT2D eigenvalue weighted by molar-refractivity contribution is 0.123. The van der Waals surface area contributed by atoms with Crippen LogP contribution in [0, 0.1) is 0 Å². The Bertz CT molecular complexity index is 190. The van der Waals surface area contributed by atoms with Crippen LogP contribution in [0.15, 0.2) is 0 Å². The summed E-state index contributed by atoms with van der Waals surface area (Å²) in [4.78, 5) is 0. The molecule has 1 saturated heterocycles. The van der Waals surface area contributed by atoms with Crippen molar-refractivity contribution in [3.8, 4) is 0 Å². The normalized spacial score (nSPS) is 19.6. The highest BCUT2D eigenvalue weighted by Crippen LogP contribution is 2.19. The van der Waals surface area contributed by atoms with Gasteiger partial charge in [-0.15, -0.1) is 0 Å². The van der Waals surface area contributed by atoms with E-state index in [1.165, 1.54) is 70.6 Å². The average Bonchev–Trinajstić information content (AvgIpc) is 3.24. The predicted octanol–water partition coefficient (Wildman–Crippen LogP) is 4.84. The largest absolute Gasteiger partial charge is 0.390 e. The summed E-state index contributed by atoms with van der Waals surface area (Å²) < 4.78 is 5.08. The van der Waals surface area contributed by atoms with Crippen molar-refractivity contribution in [2.45, 2.75) is 103 Å². The number of hydrogen-bond donors (Lipinski definition) is 1. The third-order valence-electron chi connectivity index (χ3n) is 4.14. The van der Waals surface area contributed by atoms with Crippen molar-refractivity contribution in [1.29, 1.82) is 0 Å². The van der Waals surface area contributed by atoms with E-state index in [0.29, 0.717) is 0 Å². The maximum atomic E-state index is 9.63. The molecule has 0 spiro atoms. The summed E-state index contributed by atoms with van der Waals surface area (Å²) in [5.74, 6) is 0. The quantitative estimate of drug-likeness (QED) is 0.362. The van der Waals surface area contributed by atoms with Crippen molar-refractivity contribution >= 4 is 0 Å². The highest BCUT2D eigenvalue weighted by Gasteiger charge is 2.30. The molecular formula is C17H34O2. The molecule has 0 radical (unpaired) electrons. The zero-order valence-electron chi connectivity index (χ0n) is 12.9. The van der Waals surface area contributed by atoms with E-state index in [0.717, 1.165) is 19.4 Å². The molecule has 0 aromatic rings. The molecule has 2 heteroatoms. The van der Waals surface area contributed by atoms with E-state index in [4.69, 9.17) is 4.74 Å². The molecule has 0 saturated carbocycles. The van der Waals surface area contributed by atoms with E-state index in [2.05, 4.69) is 6.92 Å². The van der Waals surface area contributed by atoms with Crippen LogP contribution in [-0.2, 0) is 4.74 Å². The van der Waals surface area contributed by atoms with Gasteiger partial charge >= 0.3 is 0 Å². The van der Waals surface area contributed by atoms with Gasteiger partial charge in [0.25, 0.3) is 0 Å². The minimum Gasteiger partial charge on any atom is -0.390 e. The number of aliphatic hydroxyl groups is 1. The van der Waals surface area contributed by atoms with Crippen LogP contribution in [0.3, 0.4) is 0 Å². The molecule has 19 heavy (non-hydrogen) atoms. The van der Waals surface area contributed by atoms with Gasteiger partial charge in [-0.1, -0.05) is 84.0 Å². The Morgan fingerprint density at radius 2 is 1.26 bits per heavy atom. The van der Waals surface area contributed by atoms with Crippen molar-refractivity contribution < 1.29 is 9.84 Å². The first kappa shape index (κ1) is 17.0. The summed E-state index contributed by atoms with van der Waals surface area (Å²) in [6.07, 6.45) is 17.4. The Labute approximate surface area is 119 Å². The smallest absolute Gasteiger partial charge is 0.107 e. The van der Waals surface area contributed by atoms with Crippen LogP contribution in [-0.4, -0.2) is 23.9 Å². The number of hydrogen-bond acceptors (Lipinski definition) is 2. The van der Waals surface area contributed by atoms with Crippen LogP contribution in [0.1, 0.15) is 90.4 Å². The number of rotatable bonds is 14. The predicted molar refractivity (Wildman–Crippen MR) is 81.4 cm³/mol. The highest BCUT2D eigenvalue weighted by molar-refractivity contribution is 4.77. The molecule has 1 aliphatic heterocycles. The molecule has 0 unspecified atom stereocenters. The first-order valence-corrected chi connectivity index (χ1v) is 8.64. The van der Waals surface area contributed by atoms with Crippen LogP contribution < -0.4 is 0 Å². The zero-order chi connectivity index (χ0) is 13.8. The summed E-state index contributed by atoms with van der Waals surface area (Å²) >= 11 is 0. The summed E-state index contributed by atoms with van der Waals surface area (Å²) in [5, 5.41) is 9.63. The van der Waals surface area contributed by atoms with Gasteiger partial charge in [-0.3, -0.25) is 0 Å². The van der Waals surface area contributed by atoms with Crippen molar-refractivity contribution in [2.75, 3.05) is 6.61 Å². The topological polar surface area (TPSA) is 32.8 Å². The van der Waals surface area contributed by atoms with Crippen LogP contribution in [0.4, 0.5) is 0 Å². The lowest BCUT2D eigenvalue weighted by atomic mass is 10.0. The maximum absolute atomic E-state index is 9.63. The Morgan fingerprint density at radius 3 is 1.68 bits per heavy atom. The minimum atomic E-state index is -0.192. The summed E-state index contributed by atoms with van der Waals surface area (Å²) in [5.41, 5.74) is 0. The molecule has 1 fully saturated rings. The van der Waals surface area contributed by atoms with Gasteiger partial charge in [-0.25, -0.2) is 0 Å². The van der Waals surface area contributed by atoms with Gasteiger partial charge in [0, 0.05) is 0 Å². The second kappa shape index (κ2) is 11.7. The van der Waals surface area contributed by atoms with Crippen LogP contribution in [0.2, 0.25) is 0 Å². The molecule has 1 heterocycles. The van der Waals surface area contributed by atoms with Gasteiger partial charge in [0.2, 0.25) is 0 Å². The zero-order valence-corrected chi connectivity index (χ0v) is 12.9. The van der Waals surface area contributed by atoms with Crippen LogP contribution >= 0.6 is 0 Å². The van der Waals surface area contributed by atoms with Gasteiger partial charge < -0.3 is 9.84 Å². The van der Waals surface area contributed by atoms with Crippen molar-refractivity contribution in [3.05, 3.63) is 0 Å². The van der Waals surface area contributed by atoms with Gasteiger partial charge in [0.1, 0.15) is 6.10 Å². The monoisotopic (exact) mass is 270 g/mol. The van der Waals surface area contributed by atoms with Gasteiger partial charge in [-0.05, 0) is 6.42 Å². The van der Waals surface area contributed by atoms with Crippen molar-refractivity contribution in [1.82, 2.24) is 0 Å². The summed E-state index contributed by atoms with van der Waals surface area (Å²) in [7, 11) is 0. The molecule has 2 atom stereocenters. The lowest BCUT2D eigenvalue weighted by Crippen LogP contribution is -2.13. The maximum Gasteiger partial charge on any atom is 0.107 e. The highest BCUT2D eigenvalue weighted by atomic mass is 16.6.